The van der Waals surface area contributed by atoms with Crippen LogP contribution in [0.15, 0.2) is 6.20 Å². The van der Waals surface area contributed by atoms with Gasteiger partial charge in [0, 0.05) is 12.7 Å². The summed E-state index contributed by atoms with van der Waals surface area (Å²) in [7, 11) is 0. The molecule has 0 saturated heterocycles. The first kappa shape index (κ1) is 12.4. The summed E-state index contributed by atoms with van der Waals surface area (Å²) in [5, 5.41) is 14.6. The molecule has 0 atom stereocenters. The largest absolute Gasteiger partial charge is 0.360 e. The predicted molar refractivity (Wildman–Crippen MR) is 73.7 cm³/mol. The lowest BCUT2D eigenvalue weighted by atomic mass is 10.2. The average Bonchev–Trinajstić information content (AvgIpc) is 2.94. The Morgan fingerprint density at radius 3 is 2.76 bits per heavy atom. The molecule has 17 heavy (non-hydrogen) atoms. The second-order valence-electron chi connectivity index (χ2n) is 4.16. The molecule has 6 heteroatoms. The smallest absolute Gasteiger partial charge is 0.206 e. The highest BCUT2D eigenvalue weighted by Gasteiger charge is 2.09. The molecular weight excluding hydrogens is 252 g/mol. The molecule has 2 rings (SSSR count). The van der Waals surface area contributed by atoms with Crippen LogP contribution in [0.5, 0.6) is 0 Å². The maximum atomic E-state index is 4.33. The van der Waals surface area contributed by atoms with Crippen LogP contribution in [0.1, 0.15) is 25.8 Å². The van der Waals surface area contributed by atoms with E-state index in [0.717, 1.165) is 33.0 Å². The van der Waals surface area contributed by atoms with Crippen LogP contribution in [0.4, 0.5) is 5.13 Å². The molecule has 2 aromatic rings. The number of hydrogen-bond donors (Lipinski definition) is 1. The number of thiazole rings is 1. The minimum absolute atomic E-state index is 0.609. The van der Waals surface area contributed by atoms with Crippen molar-refractivity contribution in [1.82, 2.24) is 15.2 Å². The highest BCUT2D eigenvalue weighted by Crippen LogP contribution is 2.30. The van der Waals surface area contributed by atoms with E-state index in [2.05, 4.69) is 41.3 Å². The minimum Gasteiger partial charge on any atom is -0.360 e. The third-order valence-electron chi connectivity index (χ3n) is 2.15. The van der Waals surface area contributed by atoms with E-state index >= 15 is 0 Å². The molecule has 0 radical (unpaired) electrons. The highest BCUT2D eigenvalue weighted by atomic mass is 32.1. The van der Waals surface area contributed by atoms with Crippen molar-refractivity contribution in [2.75, 3.05) is 11.9 Å². The molecule has 2 aromatic heterocycles. The van der Waals surface area contributed by atoms with Crippen molar-refractivity contribution in [3.05, 3.63) is 11.2 Å². The number of nitrogens with one attached hydrogen (secondary N) is 1. The Balaban J connectivity index is 2.07. The zero-order valence-corrected chi connectivity index (χ0v) is 11.9. The first-order chi connectivity index (χ1) is 8.19. The van der Waals surface area contributed by atoms with Gasteiger partial charge in [0.1, 0.15) is 0 Å². The van der Waals surface area contributed by atoms with Crippen molar-refractivity contribution in [1.29, 1.82) is 0 Å². The second-order valence-corrected chi connectivity index (χ2v) is 6.25. The Kier molecular flexibility index (Phi) is 4.06. The number of hydrogen-bond acceptors (Lipinski definition) is 6. The van der Waals surface area contributed by atoms with Crippen LogP contribution < -0.4 is 5.32 Å². The Labute approximate surface area is 109 Å². The van der Waals surface area contributed by atoms with Gasteiger partial charge < -0.3 is 5.32 Å². The third kappa shape index (κ3) is 3.23. The molecule has 2 heterocycles. The van der Waals surface area contributed by atoms with Crippen LogP contribution >= 0.6 is 22.7 Å². The summed E-state index contributed by atoms with van der Waals surface area (Å²) < 4.78 is 0. The summed E-state index contributed by atoms with van der Waals surface area (Å²) >= 11 is 3.28. The molecule has 0 spiro atoms. The van der Waals surface area contributed by atoms with Crippen LogP contribution in [0.3, 0.4) is 0 Å². The molecular formula is C11H16N4S2. The molecule has 0 aliphatic carbocycles. The standard InChI is InChI=1S/C11H16N4S2/c1-4-9-12-6-8(16-9)10-14-15-11(17-10)13-5-7(2)3/h6-7H,4-5H2,1-3H3,(H,13,15). The van der Waals surface area contributed by atoms with E-state index in [-0.39, 0.29) is 0 Å². The van der Waals surface area contributed by atoms with Crippen molar-refractivity contribution < 1.29 is 0 Å². The van der Waals surface area contributed by atoms with Crippen LogP contribution in [-0.4, -0.2) is 21.7 Å². The van der Waals surface area contributed by atoms with Gasteiger partial charge in [-0.2, -0.15) is 0 Å². The van der Waals surface area contributed by atoms with Crippen LogP contribution in [0.25, 0.3) is 9.88 Å². The van der Waals surface area contributed by atoms with Gasteiger partial charge in [-0.05, 0) is 12.3 Å². The molecule has 92 valence electrons. The topological polar surface area (TPSA) is 50.7 Å². The fraction of sp³-hybridized carbons (Fsp3) is 0.545. The van der Waals surface area contributed by atoms with Crippen molar-refractivity contribution in [2.24, 2.45) is 5.92 Å². The fourth-order valence-electron chi connectivity index (χ4n) is 1.26. The average molecular weight is 268 g/mol. The van der Waals surface area contributed by atoms with E-state index in [1.807, 2.05) is 6.20 Å². The maximum absolute atomic E-state index is 4.33. The number of rotatable bonds is 5. The summed E-state index contributed by atoms with van der Waals surface area (Å²) in [6, 6.07) is 0. The highest BCUT2D eigenvalue weighted by molar-refractivity contribution is 7.23. The van der Waals surface area contributed by atoms with E-state index in [4.69, 9.17) is 0 Å². The van der Waals surface area contributed by atoms with E-state index in [1.54, 1.807) is 22.7 Å². The van der Waals surface area contributed by atoms with E-state index in [9.17, 15) is 0 Å². The van der Waals surface area contributed by atoms with Gasteiger partial charge in [-0.15, -0.1) is 21.5 Å². The Morgan fingerprint density at radius 2 is 2.12 bits per heavy atom. The van der Waals surface area contributed by atoms with Gasteiger partial charge in [0.15, 0.2) is 5.01 Å². The molecule has 0 amide bonds. The third-order valence-corrected chi connectivity index (χ3v) is 4.35. The zero-order chi connectivity index (χ0) is 12.3. The maximum Gasteiger partial charge on any atom is 0.206 e. The predicted octanol–water partition coefficient (Wildman–Crippen LogP) is 3.29. The molecule has 0 saturated carbocycles. The van der Waals surface area contributed by atoms with Crippen LogP contribution in [0, 0.1) is 5.92 Å². The lowest BCUT2D eigenvalue weighted by molar-refractivity contribution is 0.687. The summed E-state index contributed by atoms with van der Waals surface area (Å²) in [5.74, 6) is 0.609. The van der Waals surface area contributed by atoms with Gasteiger partial charge in [0.05, 0.1) is 9.88 Å². The SMILES string of the molecule is CCc1ncc(-c2nnc(NCC(C)C)s2)s1. The number of aromatic nitrogens is 3. The quantitative estimate of drug-likeness (QED) is 0.904. The van der Waals surface area contributed by atoms with Gasteiger partial charge in [0.2, 0.25) is 5.13 Å². The lowest BCUT2D eigenvalue weighted by Gasteiger charge is -2.03. The molecule has 0 aliphatic heterocycles. The van der Waals surface area contributed by atoms with Crippen LogP contribution in [0.2, 0.25) is 0 Å². The number of aryl methyl sites for hydroxylation is 1. The molecule has 0 bridgehead atoms. The summed E-state index contributed by atoms with van der Waals surface area (Å²) in [6.07, 6.45) is 2.86. The zero-order valence-electron chi connectivity index (χ0n) is 10.2. The van der Waals surface area contributed by atoms with E-state index in [1.165, 1.54) is 0 Å². The first-order valence-electron chi connectivity index (χ1n) is 5.71. The molecule has 4 nitrogen and oxygen atoms in total. The van der Waals surface area contributed by atoms with Gasteiger partial charge in [-0.1, -0.05) is 32.1 Å². The molecule has 0 unspecified atom stereocenters. The summed E-state index contributed by atoms with van der Waals surface area (Å²) in [4.78, 5) is 5.44. The van der Waals surface area contributed by atoms with E-state index < -0.39 is 0 Å². The van der Waals surface area contributed by atoms with Crippen molar-refractivity contribution in [2.45, 2.75) is 27.2 Å². The Hall–Kier alpha value is -1.01. The first-order valence-corrected chi connectivity index (χ1v) is 7.34. The van der Waals surface area contributed by atoms with Gasteiger partial charge >= 0.3 is 0 Å². The normalized spacial score (nSPS) is 11.1. The van der Waals surface area contributed by atoms with Gasteiger partial charge in [-0.25, -0.2) is 4.98 Å². The second kappa shape index (κ2) is 5.55. The van der Waals surface area contributed by atoms with Crippen molar-refractivity contribution in [3.8, 4) is 9.88 Å². The van der Waals surface area contributed by atoms with Gasteiger partial charge in [0.25, 0.3) is 0 Å². The fourth-order valence-corrected chi connectivity index (χ4v) is 2.90. The summed E-state index contributed by atoms with van der Waals surface area (Å²) in [6.45, 7) is 7.38. The monoisotopic (exact) mass is 268 g/mol. The minimum atomic E-state index is 0.609. The van der Waals surface area contributed by atoms with Crippen molar-refractivity contribution >= 4 is 27.8 Å². The van der Waals surface area contributed by atoms with Crippen molar-refractivity contribution in [3.63, 3.8) is 0 Å². The molecule has 0 fully saturated rings. The summed E-state index contributed by atoms with van der Waals surface area (Å²) in [5.41, 5.74) is 0. The van der Waals surface area contributed by atoms with Gasteiger partial charge in [-0.3, -0.25) is 0 Å². The molecule has 0 aromatic carbocycles. The Morgan fingerprint density at radius 1 is 1.29 bits per heavy atom. The number of anilines is 1. The van der Waals surface area contributed by atoms with E-state index in [0.29, 0.717) is 5.92 Å². The molecule has 1 N–H and O–H groups in total. The lowest BCUT2D eigenvalue weighted by Crippen LogP contribution is -2.07. The Bertz CT molecular complexity index is 475. The van der Waals surface area contributed by atoms with Crippen LogP contribution in [-0.2, 0) is 6.42 Å². The molecule has 0 aliphatic rings. The number of nitrogens with zero attached hydrogens (tertiary/aromatic N) is 3.